The first-order valence-electron chi connectivity index (χ1n) is 10.6. The fourth-order valence-corrected chi connectivity index (χ4v) is 4.18. The van der Waals surface area contributed by atoms with E-state index in [1.165, 1.54) is 26.4 Å². The molecule has 0 aliphatic heterocycles. The lowest BCUT2D eigenvalue weighted by Crippen LogP contribution is -2.33. The van der Waals surface area contributed by atoms with E-state index in [1.807, 2.05) is 0 Å². The summed E-state index contributed by atoms with van der Waals surface area (Å²) in [7, 11) is 0.436. The molecule has 0 saturated carbocycles. The van der Waals surface area contributed by atoms with E-state index in [0.717, 1.165) is 29.8 Å². The van der Waals surface area contributed by atoms with Gasteiger partial charge in [0.15, 0.2) is 0 Å². The van der Waals surface area contributed by atoms with Gasteiger partial charge < -0.3 is 23.3 Å². The van der Waals surface area contributed by atoms with Crippen LogP contribution in [0.2, 0.25) is 0 Å². The first-order valence-corrected chi connectivity index (χ1v) is 12.0. The van der Waals surface area contributed by atoms with Crippen molar-refractivity contribution in [1.82, 2.24) is 4.90 Å². The molecule has 0 spiro atoms. The second kappa shape index (κ2) is 11.7. The van der Waals surface area contributed by atoms with Gasteiger partial charge in [-0.15, -0.1) is 0 Å². The van der Waals surface area contributed by atoms with Gasteiger partial charge in [-0.1, -0.05) is 12.1 Å². The van der Waals surface area contributed by atoms with E-state index in [2.05, 4.69) is 0 Å². The second-order valence-corrected chi connectivity index (χ2v) is 8.97. The minimum absolute atomic E-state index is 0.0877. The van der Waals surface area contributed by atoms with E-state index >= 15 is 0 Å². The predicted molar refractivity (Wildman–Crippen MR) is 127 cm³/mol. The predicted octanol–water partition coefficient (Wildman–Crippen LogP) is 3.90. The maximum atomic E-state index is 13.3. The highest BCUT2D eigenvalue weighted by Gasteiger charge is 2.21. The molecule has 0 N–H and O–H groups in total. The van der Waals surface area contributed by atoms with Gasteiger partial charge in [-0.3, -0.25) is 4.79 Å². The average molecular weight is 504 g/mol. The maximum absolute atomic E-state index is 13.3. The van der Waals surface area contributed by atoms with E-state index < -0.39 is 15.9 Å². The third-order valence-electron chi connectivity index (χ3n) is 5.10. The van der Waals surface area contributed by atoms with Crippen LogP contribution >= 0.6 is 0 Å². The van der Waals surface area contributed by atoms with Crippen LogP contribution in [0.4, 0.5) is 4.39 Å². The Balaban J connectivity index is 1.77. The van der Waals surface area contributed by atoms with Crippen LogP contribution in [-0.2, 0) is 21.4 Å². The summed E-state index contributed by atoms with van der Waals surface area (Å²) in [6.45, 7) is 0.880. The third kappa shape index (κ3) is 6.71. The maximum Gasteiger partial charge on any atom is 0.339 e. The molecule has 0 aliphatic rings. The summed E-state index contributed by atoms with van der Waals surface area (Å²) in [6, 6.07) is 15.6. The van der Waals surface area contributed by atoms with E-state index in [1.54, 1.807) is 42.3 Å². The molecule has 186 valence electrons. The summed E-state index contributed by atoms with van der Waals surface area (Å²) < 4.78 is 58.8. The van der Waals surface area contributed by atoms with Crippen molar-refractivity contribution in [2.24, 2.45) is 0 Å². The molecule has 10 heteroatoms. The third-order valence-corrected chi connectivity index (χ3v) is 6.36. The molecule has 8 nitrogen and oxygen atoms in total. The number of benzene rings is 3. The topological polar surface area (TPSA) is 91.4 Å². The Labute approximate surface area is 203 Å². The Bertz CT molecular complexity index is 1250. The lowest BCUT2D eigenvalue weighted by molar-refractivity contribution is 0.0677. The van der Waals surface area contributed by atoms with E-state index in [0.29, 0.717) is 30.2 Å². The molecule has 0 aromatic heterocycles. The van der Waals surface area contributed by atoms with Crippen LogP contribution in [0.15, 0.2) is 71.6 Å². The zero-order valence-electron chi connectivity index (χ0n) is 19.6. The highest BCUT2D eigenvalue weighted by Crippen LogP contribution is 2.27. The number of methoxy groups -OCH3 is 3. The largest absolute Gasteiger partial charge is 0.497 e. The van der Waals surface area contributed by atoms with E-state index in [9.17, 15) is 17.6 Å². The number of hydrogen-bond acceptors (Lipinski definition) is 7. The number of nitrogens with zero attached hydrogens (tertiary/aromatic N) is 1. The van der Waals surface area contributed by atoms with Gasteiger partial charge in [0.25, 0.3) is 5.91 Å². The molecule has 3 aromatic carbocycles. The minimum atomic E-state index is -4.11. The first kappa shape index (κ1) is 26.0. The monoisotopic (exact) mass is 503 g/mol. The summed E-state index contributed by atoms with van der Waals surface area (Å²) in [4.78, 5) is 14.7. The molecule has 0 radical (unpaired) electrons. The molecule has 3 rings (SSSR count). The van der Waals surface area contributed by atoms with E-state index in [4.69, 9.17) is 18.4 Å². The molecule has 35 heavy (non-hydrogen) atoms. The summed E-state index contributed by atoms with van der Waals surface area (Å²) >= 11 is 0. The van der Waals surface area contributed by atoms with Gasteiger partial charge in [0.05, 0.1) is 26.4 Å². The van der Waals surface area contributed by atoms with Crippen LogP contribution in [0.5, 0.6) is 17.2 Å². The Hall–Kier alpha value is -3.63. The molecule has 0 aliphatic carbocycles. The molecular weight excluding hydrogens is 477 g/mol. The zero-order valence-corrected chi connectivity index (χ0v) is 20.4. The lowest BCUT2D eigenvalue weighted by Gasteiger charge is -2.24. The molecular formula is C25H26FNO7S. The number of ether oxygens (including phenoxy) is 3. The van der Waals surface area contributed by atoms with E-state index in [-0.39, 0.29) is 23.1 Å². The van der Waals surface area contributed by atoms with Gasteiger partial charge >= 0.3 is 10.1 Å². The fraction of sp³-hybridized carbons (Fsp3) is 0.240. The highest BCUT2D eigenvalue weighted by molar-refractivity contribution is 7.87. The normalized spacial score (nSPS) is 11.1. The van der Waals surface area contributed by atoms with Crippen molar-refractivity contribution in [1.29, 1.82) is 0 Å². The van der Waals surface area contributed by atoms with Crippen molar-refractivity contribution in [2.45, 2.75) is 11.4 Å². The van der Waals surface area contributed by atoms with Crippen molar-refractivity contribution >= 4 is 16.0 Å². The molecule has 0 unspecified atom stereocenters. The van der Waals surface area contributed by atoms with Crippen molar-refractivity contribution in [3.8, 4) is 17.2 Å². The fourth-order valence-electron chi connectivity index (χ4n) is 3.25. The van der Waals surface area contributed by atoms with Crippen LogP contribution < -0.4 is 13.7 Å². The molecule has 0 fully saturated rings. The van der Waals surface area contributed by atoms with Gasteiger partial charge in [-0.2, -0.15) is 8.42 Å². The van der Waals surface area contributed by atoms with Gasteiger partial charge in [0.2, 0.25) is 0 Å². The quantitative estimate of drug-likeness (QED) is 0.367. The minimum Gasteiger partial charge on any atom is -0.497 e. The van der Waals surface area contributed by atoms with Gasteiger partial charge in [-0.25, -0.2) is 4.39 Å². The molecule has 0 atom stereocenters. The number of amides is 1. The van der Waals surface area contributed by atoms with Gasteiger partial charge in [0, 0.05) is 26.3 Å². The first-order chi connectivity index (χ1) is 16.8. The molecule has 0 heterocycles. The van der Waals surface area contributed by atoms with Crippen LogP contribution in [0.3, 0.4) is 0 Å². The van der Waals surface area contributed by atoms with Crippen molar-refractivity contribution in [2.75, 3.05) is 34.5 Å². The standard InChI is InChI=1S/C25H26FNO7S/c1-31-15-14-27(25(28)23-13-10-21(32-2)16-24(23)33-3)17-18-4-8-20(9-5-18)34-35(29,30)22-11-6-19(26)7-12-22/h4-13,16H,14-15,17H2,1-3H3. The summed E-state index contributed by atoms with van der Waals surface area (Å²) in [6.07, 6.45) is 0. The van der Waals surface area contributed by atoms with Crippen molar-refractivity contribution < 1.29 is 36.0 Å². The van der Waals surface area contributed by atoms with Crippen LogP contribution in [0.25, 0.3) is 0 Å². The number of rotatable bonds is 11. The van der Waals surface area contributed by atoms with Crippen molar-refractivity contribution in [3.63, 3.8) is 0 Å². The average Bonchev–Trinajstić information content (AvgIpc) is 2.86. The molecule has 1 amide bonds. The number of hydrogen-bond donors (Lipinski definition) is 0. The van der Waals surface area contributed by atoms with Gasteiger partial charge in [0.1, 0.15) is 28.0 Å². The van der Waals surface area contributed by atoms with Crippen LogP contribution in [0, 0.1) is 5.82 Å². The molecule has 0 saturated heterocycles. The Morgan fingerprint density at radius 2 is 1.54 bits per heavy atom. The Kier molecular flexibility index (Phi) is 8.67. The van der Waals surface area contributed by atoms with Crippen LogP contribution in [-0.4, -0.2) is 53.7 Å². The Morgan fingerprint density at radius 1 is 0.886 bits per heavy atom. The van der Waals surface area contributed by atoms with Crippen LogP contribution in [0.1, 0.15) is 15.9 Å². The number of carbonyl (C=O) groups is 1. The Morgan fingerprint density at radius 3 is 2.14 bits per heavy atom. The smallest absolute Gasteiger partial charge is 0.339 e. The highest BCUT2D eigenvalue weighted by atomic mass is 32.2. The van der Waals surface area contributed by atoms with Crippen molar-refractivity contribution in [3.05, 3.63) is 83.7 Å². The SMILES string of the molecule is COCCN(Cc1ccc(OS(=O)(=O)c2ccc(F)cc2)cc1)C(=O)c1ccc(OC)cc1OC. The van der Waals surface area contributed by atoms with Gasteiger partial charge in [-0.05, 0) is 54.1 Å². The number of halogens is 1. The number of carbonyl (C=O) groups excluding carboxylic acids is 1. The molecule has 0 bridgehead atoms. The summed E-state index contributed by atoms with van der Waals surface area (Å²) in [5.41, 5.74) is 1.11. The second-order valence-electron chi connectivity index (χ2n) is 7.42. The zero-order chi connectivity index (χ0) is 25.4. The molecule has 3 aromatic rings. The lowest BCUT2D eigenvalue weighted by atomic mass is 10.1. The summed E-state index contributed by atoms with van der Waals surface area (Å²) in [5, 5.41) is 0. The summed E-state index contributed by atoms with van der Waals surface area (Å²) in [5.74, 6) is 0.220.